The minimum absolute atomic E-state index is 0.0709. The molecule has 2 rings (SSSR count). The van der Waals surface area contributed by atoms with Gasteiger partial charge < -0.3 is 9.88 Å². The average molecular weight is 313 g/mol. The molecule has 1 aromatic heterocycles. The molecule has 112 valence electrons. The Hall–Kier alpha value is -2.72. The highest BCUT2D eigenvalue weighted by Crippen LogP contribution is 2.06. The van der Waals surface area contributed by atoms with Crippen LogP contribution in [-0.4, -0.2) is 27.2 Å². The van der Waals surface area contributed by atoms with E-state index < -0.39 is 5.91 Å². The first kappa shape index (κ1) is 15.7. The van der Waals surface area contributed by atoms with Crippen LogP contribution in [0.25, 0.3) is 6.08 Å². The third-order valence-corrected chi connectivity index (χ3v) is 3.45. The van der Waals surface area contributed by atoms with Gasteiger partial charge in [-0.2, -0.15) is 10.4 Å². The topological polar surface area (TPSA) is 86.5 Å². The maximum Gasteiger partial charge on any atom is 0.261 e. The van der Waals surface area contributed by atoms with E-state index in [1.54, 1.807) is 17.7 Å². The van der Waals surface area contributed by atoms with Gasteiger partial charge in [-0.3, -0.25) is 9.89 Å². The summed E-state index contributed by atoms with van der Waals surface area (Å²) in [5, 5.41) is 18.6. The number of rotatable bonds is 5. The summed E-state index contributed by atoms with van der Waals surface area (Å²) in [6.07, 6.45) is 2.09. The van der Waals surface area contributed by atoms with Crippen molar-refractivity contribution in [1.29, 1.82) is 5.26 Å². The van der Waals surface area contributed by atoms with Crippen molar-refractivity contribution in [2.45, 2.75) is 6.42 Å². The minimum Gasteiger partial charge on any atom is -0.351 e. The van der Waals surface area contributed by atoms with Crippen LogP contribution >= 0.6 is 12.2 Å². The summed E-state index contributed by atoms with van der Waals surface area (Å²) >= 11 is 5.01. The first-order valence-corrected chi connectivity index (χ1v) is 7.08. The van der Waals surface area contributed by atoms with E-state index >= 15 is 0 Å². The fourth-order valence-corrected chi connectivity index (χ4v) is 2.00. The number of amides is 1. The molecular formula is C15H15N5OS. The molecule has 0 spiro atoms. The van der Waals surface area contributed by atoms with Gasteiger partial charge in [0.05, 0.1) is 0 Å². The van der Waals surface area contributed by atoms with Crippen LogP contribution in [0.3, 0.4) is 0 Å². The number of hydrogen-bond acceptors (Lipinski definition) is 4. The van der Waals surface area contributed by atoms with Crippen molar-refractivity contribution in [2.75, 3.05) is 6.54 Å². The Morgan fingerprint density at radius 1 is 1.50 bits per heavy atom. The second kappa shape index (κ2) is 7.33. The summed E-state index contributed by atoms with van der Waals surface area (Å²) < 4.78 is 2.27. The van der Waals surface area contributed by atoms with Gasteiger partial charge in [0.2, 0.25) is 0 Å². The molecule has 2 N–H and O–H groups in total. The monoisotopic (exact) mass is 313 g/mol. The third-order valence-electron chi connectivity index (χ3n) is 3.08. The zero-order valence-corrected chi connectivity index (χ0v) is 12.9. The fraction of sp³-hybridized carbons (Fsp3) is 0.200. The molecule has 0 radical (unpaired) electrons. The highest BCUT2D eigenvalue weighted by atomic mass is 32.1. The number of aromatic amines is 1. The molecule has 7 heteroatoms. The molecule has 2 aromatic rings. The van der Waals surface area contributed by atoms with Gasteiger partial charge in [0, 0.05) is 20.0 Å². The highest BCUT2D eigenvalue weighted by Gasteiger charge is 2.09. The molecule has 0 aliphatic heterocycles. The Balaban J connectivity index is 1.96. The van der Waals surface area contributed by atoms with Crippen LogP contribution in [0.15, 0.2) is 35.9 Å². The lowest BCUT2D eigenvalue weighted by Gasteiger charge is -2.04. The Labute approximate surface area is 133 Å². The molecule has 1 aromatic carbocycles. The van der Waals surface area contributed by atoms with Crippen molar-refractivity contribution in [3.05, 3.63) is 52.1 Å². The van der Waals surface area contributed by atoms with Crippen molar-refractivity contribution in [3.8, 4) is 6.07 Å². The standard InChI is InChI=1S/C15H15N5OS/c1-20-13(18-19-15(20)22)7-8-17-14(21)12(10-16)9-11-5-3-2-4-6-11/h2-6,9H,7-8H2,1H3,(H,17,21)(H,19,22)/b12-9-. The van der Waals surface area contributed by atoms with Crippen LogP contribution in [0.5, 0.6) is 0 Å². The Morgan fingerprint density at radius 2 is 2.23 bits per heavy atom. The third kappa shape index (κ3) is 3.90. The molecule has 1 heterocycles. The van der Waals surface area contributed by atoms with E-state index in [4.69, 9.17) is 17.5 Å². The summed E-state index contributed by atoms with van der Waals surface area (Å²) in [7, 11) is 1.80. The molecule has 0 saturated heterocycles. The zero-order valence-electron chi connectivity index (χ0n) is 12.0. The normalized spacial score (nSPS) is 11.0. The fourth-order valence-electron chi connectivity index (χ4n) is 1.85. The molecule has 0 aliphatic carbocycles. The zero-order chi connectivity index (χ0) is 15.9. The van der Waals surface area contributed by atoms with Gasteiger partial charge in [0.1, 0.15) is 17.5 Å². The first-order valence-electron chi connectivity index (χ1n) is 6.67. The van der Waals surface area contributed by atoms with Gasteiger partial charge in [-0.25, -0.2) is 0 Å². The van der Waals surface area contributed by atoms with Crippen molar-refractivity contribution in [2.24, 2.45) is 7.05 Å². The smallest absolute Gasteiger partial charge is 0.261 e. The molecular weight excluding hydrogens is 298 g/mol. The average Bonchev–Trinajstić information content (AvgIpc) is 2.85. The number of aromatic nitrogens is 3. The SMILES string of the molecule is Cn1c(CCNC(=O)/C(C#N)=C\c2ccccc2)n[nH]c1=S. The summed E-state index contributed by atoms with van der Waals surface area (Å²) in [6.45, 7) is 0.375. The number of benzene rings is 1. The van der Waals surface area contributed by atoms with E-state index in [0.717, 1.165) is 11.4 Å². The predicted octanol–water partition coefficient (Wildman–Crippen LogP) is 1.74. The van der Waals surface area contributed by atoms with Crippen LogP contribution in [0, 0.1) is 16.1 Å². The number of hydrogen-bond donors (Lipinski definition) is 2. The molecule has 0 aliphatic rings. The molecule has 0 saturated carbocycles. The van der Waals surface area contributed by atoms with Crippen LogP contribution in [0.2, 0.25) is 0 Å². The van der Waals surface area contributed by atoms with Crippen molar-refractivity contribution in [3.63, 3.8) is 0 Å². The van der Waals surface area contributed by atoms with Gasteiger partial charge in [-0.05, 0) is 23.9 Å². The van der Waals surface area contributed by atoms with Gasteiger partial charge in [-0.1, -0.05) is 30.3 Å². The largest absolute Gasteiger partial charge is 0.351 e. The predicted molar refractivity (Wildman–Crippen MR) is 85.1 cm³/mol. The molecule has 0 atom stereocenters. The number of H-pyrrole nitrogens is 1. The van der Waals surface area contributed by atoms with Gasteiger partial charge >= 0.3 is 0 Å². The second-order valence-corrected chi connectivity index (χ2v) is 4.98. The van der Waals surface area contributed by atoms with Crippen LogP contribution < -0.4 is 5.32 Å². The highest BCUT2D eigenvalue weighted by molar-refractivity contribution is 7.71. The van der Waals surface area contributed by atoms with E-state index in [1.165, 1.54) is 0 Å². The lowest BCUT2D eigenvalue weighted by Crippen LogP contribution is -2.27. The molecule has 0 fully saturated rings. The maximum atomic E-state index is 12.0. The van der Waals surface area contributed by atoms with Crippen LogP contribution in [0.4, 0.5) is 0 Å². The molecule has 1 amide bonds. The maximum absolute atomic E-state index is 12.0. The first-order chi connectivity index (χ1) is 10.6. The number of carbonyl (C=O) groups is 1. The summed E-state index contributed by atoms with van der Waals surface area (Å²) in [5.74, 6) is 0.346. The number of nitrogens with one attached hydrogen (secondary N) is 2. The molecule has 0 bridgehead atoms. The van der Waals surface area contributed by atoms with Crippen molar-refractivity contribution < 1.29 is 4.79 Å². The molecule has 0 unspecified atom stereocenters. The molecule has 6 nitrogen and oxygen atoms in total. The van der Waals surface area contributed by atoms with E-state index in [2.05, 4.69) is 15.5 Å². The summed E-state index contributed by atoms with van der Waals surface area (Å²) in [5.41, 5.74) is 0.880. The minimum atomic E-state index is -0.400. The van der Waals surface area contributed by atoms with Gasteiger partial charge in [0.25, 0.3) is 5.91 Å². The lowest BCUT2D eigenvalue weighted by molar-refractivity contribution is -0.117. The Kier molecular flexibility index (Phi) is 5.22. The number of nitrogens with zero attached hydrogens (tertiary/aromatic N) is 3. The quantitative estimate of drug-likeness (QED) is 0.500. The van der Waals surface area contributed by atoms with Crippen molar-refractivity contribution >= 4 is 24.2 Å². The Morgan fingerprint density at radius 3 is 2.82 bits per heavy atom. The lowest BCUT2D eigenvalue weighted by atomic mass is 10.1. The Bertz CT molecular complexity index is 782. The van der Waals surface area contributed by atoms with Gasteiger partial charge in [0.15, 0.2) is 4.77 Å². The summed E-state index contributed by atoms with van der Waals surface area (Å²) in [6, 6.07) is 11.2. The van der Waals surface area contributed by atoms with Crippen LogP contribution in [0.1, 0.15) is 11.4 Å². The van der Waals surface area contributed by atoms with E-state index in [-0.39, 0.29) is 5.57 Å². The van der Waals surface area contributed by atoms with Crippen LogP contribution in [-0.2, 0) is 18.3 Å². The van der Waals surface area contributed by atoms with Crippen molar-refractivity contribution in [1.82, 2.24) is 20.1 Å². The molecule has 22 heavy (non-hydrogen) atoms. The summed E-state index contributed by atoms with van der Waals surface area (Å²) in [4.78, 5) is 12.0. The second-order valence-electron chi connectivity index (χ2n) is 4.59. The van der Waals surface area contributed by atoms with E-state index in [1.807, 2.05) is 36.4 Å². The number of carbonyl (C=O) groups excluding carboxylic acids is 1. The van der Waals surface area contributed by atoms with Gasteiger partial charge in [-0.15, -0.1) is 0 Å². The number of nitriles is 1. The van der Waals surface area contributed by atoms with E-state index in [9.17, 15) is 4.79 Å². The van der Waals surface area contributed by atoms with E-state index in [0.29, 0.717) is 17.7 Å².